The zero-order valence-corrected chi connectivity index (χ0v) is 15.2. The third-order valence-corrected chi connectivity index (χ3v) is 5.15. The molecular formula is C19H18BrN3O2. The van der Waals surface area contributed by atoms with Gasteiger partial charge in [-0.05, 0) is 24.3 Å². The highest BCUT2D eigenvalue weighted by Gasteiger charge is 2.41. The zero-order chi connectivity index (χ0) is 17.3. The Bertz CT molecular complexity index is 797. The van der Waals surface area contributed by atoms with Gasteiger partial charge in [-0.15, -0.1) is 0 Å². The zero-order valence-electron chi connectivity index (χ0n) is 13.6. The highest BCUT2D eigenvalue weighted by molar-refractivity contribution is 9.10. The lowest BCUT2D eigenvalue weighted by atomic mass is 10.00. The SMILES string of the molecule is O=C(c1ccccc1)N1CCC2(CC1)N=C(c1ccc(Br)cc1)NO2. The van der Waals surface area contributed by atoms with Crippen LogP contribution in [0.4, 0.5) is 0 Å². The average Bonchev–Trinajstić information content (AvgIpc) is 3.07. The molecule has 2 heterocycles. The summed E-state index contributed by atoms with van der Waals surface area (Å²) in [6.07, 6.45) is 1.36. The summed E-state index contributed by atoms with van der Waals surface area (Å²) < 4.78 is 1.03. The van der Waals surface area contributed by atoms with Gasteiger partial charge in [-0.2, -0.15) is 0 Å². The molecule has 1 saturated heterocycles. The van der Waals surface area contributed by atoms with Gasteiger partial charge in [0, 0.05) is 41.5 Å². The van der Waals surface area contributed by atoms with Crippen molar-refractivity contribution in [3.8, 4) is 0 Å². The molecule has 2 aliphatic heterocycles. The Morgan fingerprint density at radius 2 is 1.76 bits per heavy atom. The minimum atomic E-state index is -0.574. The quantitative estimate of drug-likeness (QED) is 0.841. The van der Waals surface area contributed by atoms with Crippen molar-refractivity contribution >= 4 is 27.7 Å². The molecule has 1 fully saturated rings. The number of nitrogens with one attached hydrogen (secondary N) is 1. The molecule has 2 aromatic carbocycles. The maximum absolute atomic E-state index is 12.5. The summed E-state index contributed by atoms with van der Waals surface area (Å²) in [5.41, 5.74) is 4.10. The first kappa shape index (κ1) is 16.3. The van der Waals surface area contributed by atoms with Gasteiger partial charge in [0.05, 0.1) is 0 Å². The van der Waals surface area contributed by atoms with Crippen LogP contribution in [0.25, 0.3) is 0 Å². The van der Waals surface area contributed by atoms with E-state index in [1.54, 1.807) is 0 Å². The molecule has 2 aliphatic rings. The molecule has 6 heteroatoms. The second-order valence-electron chi connectivity index (χ2n) is 6.28. The predicted molar refractivity (Wildman–Crippen MR) is 99.2 cm³/mol. The van der Waals surface area contributed by atoms with Crippen molar-refractivity contribution in [2.45, 2.75) is 18.6 Å². The van der Waals surface area contributed by atoms with E-state index in [4.69, 9.17) is 9.83 Å². The van der Waals surface area contributed by atoms with E-state index in [0.29, 0.717) is 25.9 Å². The molecule has 25 heavy (non-hydrogen) atoms. The Morgan fingerprint density at radius 3 is 2.44 bits per heavy atom. The second-order valence-corrected chi connectivity index (χ2v) is 7.19. The first-order valence-electron chi connectivity index (χ1n) is 8.29. The second kappa shape index (κ2) is 6.61. The van der Waals surface area contributed by atoms with Crippen molar-refractivity contribution in [2.75, 3.05) is 13.1 Å². The number of hydroxylamine groups is 1. The van der Waals surface area contributed by atoms with E-state index in [1.165, 1.54) is 0 Å². The number of aliphatic imine (C=N–C) groups is 1. The summed E-state index contributed by atoms with van der Waals surface area (Å²) in [6.45, 7) is 1.26. The Kier molecular flexibility index (Phi) is 4.31. The van der Waals surface area contributed by atoms with Crippen molar-refractivity contribution in [2.24, 2.45) is 4.99 Å². The maximum Gasteiger partial charge on any atom is 0.253 e. The fourth-order valence-corrected chi connectivity index (χ4v) is 3.42. The highest BCUT2D eigenvalue weighted by atomic mass is 79.9. The number of amides is 1. The molecule has 0 aliphatic carbocycles. The lowest BCUT2D eigenvalue weighted by Crippen LogP contribution is -2.46. The van der Waals surface area contributed by atoms with Crippen molar-refractivity contribution in [1.29, 1.82) is 0 Å². The maximum atomic E-state index is 12.5. The summed E-state index contributed by atoms with van der Waals surface area (Å²) in [5.74, 6) is 0.814. The van der Waals surface area contributed by atoms with E-state index in [-0.39, 0.29) is 5.91 Å². The molecular weight excluding hydrogens is 382 g/mol. The molecule has 0 saturated carbocycles. The Morgan fingerprint density at radius 1 is 1.08 bits per heavy atom. The first-order valence-corrected chi connectivity index (χ1v) is 9.09. The minimum Gasteiger partial charge on any atom is -0.338 e. The summed E-state index contributed by atoms with van der Waals surface area (Å²) in [4.78, 5) is 25.0. The largest absolute Gasteiger partial charge is 0.338 e. The van der Waals surface area contributed by atoms with Crippen LogP contribution in [0, 0.1) is 0 Å². The number of rotatable bonds is 2. The first-order chi connectivity index (χ1) is 12.2. The molecule has 1 amide bonds. The molecule has 0 aromatic heterocycles. The minimum absolute atomic E-state index is 0.0681. The summed E-state index contributed by atoms with van der Waals surface area (Å²) in [5, 5.41) is 0. The normalized spacial score (nSPS) is 18.8. The van der Waals surface area contributed by atoms with Crippen LogP contribution in [-0.4, -0.2) is 35.5 Å². The Hall–Kier alpha value is -2.18. The fourth-order valence-electron chi connectivity index (χ4n) is 3.16. The van der Waals surface area contributed by atoms with E-state index in [1.807, 2.05) is 59.5 Å². The number of hydrogen-bond acceptors (Lipinski definition) is 4. The monoisotopic (exact) mass is 399 g/mol. The number of carbonyl (C=O) groups excluding carboxylic acids is 1. The van der Waals surface area contributed by atoms with Crippen LogP contribution >= 0.6 is 15.9 Å². The number of hydrogen-bond donors (Lipinski definition) is 1. The van der Waals surface area contributed by atoms with Gasteiger partial charge in [-0.3, -0.25) is 4.79 Å². The average molecular weight is 400 g/mol. The fraction of sp³-hybridized carbons (Fsp3) is 0.263. The molecule has 0 bridgehead atoms. The molecule has 0 unspecified atom stereocenters. The van der Waals surface area contributed by atoms with Crippen LogP contribution in [0.1, 0.15) is 28.8 Å². The van der Waals surface area contributed by atoms with E-state index in [2.05, 4.69) is 21.4 Å². The van der Waals surface area contributed by atoms with Gasteiger partial charge in [-0.1, -0.05) is 46.3 Å². The molecule has 0 radical (unpaired) electrons. The van der Waals surface area contributed by atoms with Gasteiger partial charge in [0.2, 0.25) is 0 Å². The van der Waals surface area contributed by atoms with Gasteiger partial charge in [0.1, 0.15) is 0 Å². The number of benzene rings is 2. The van der Waals surface area contributed by atoms with Crippen molar-refractivity contribution in [3.05, 3.63) is 70.2 Å². The number of carbonyl (C=O) groups is 1. The third-order valence-electron chi connectivity index (χ3n) is 4.62. The van der Waals surface area contributed by atoms with Crippen LogP contribution in [0.3, 0.4) is 0 Å². The Labute approximate surface area is 154 Å². The number of nitrogens with zero attached hydrogens (tertiary/aromatic N) is 2. The number of likely N-dealkylation sites (tertiary alicyclic amines) is 1. The van der Waals surface area contributed by atoms with Gasteiger partial charge < -0.3 is 4.90 Å². The number of piperidine rings is 1. The summed E-state index contributed by atoms with van der Waals surface area (Å²) in [6, 6.07) is 17.3. The standard InChI is InChI=1S/C19H18BrN3O2/c20-16-8-6-14(7-9-16)17-21-19(25-22-17)10-12-23(13-11-19)18(24)15-4-2-1-3-5-15/h1-9H,10-13H2,(H,21,22). The van der Waals surface area contributed by atoms with Crippen LogP contribution in [-0.2, 0) is 4.84 Å². The van der Waals surface area contributed by atoms with Crippen LogP contribution < -0.4 is 5.48 Å². The molecule has 128 valence electrons. The lowest BCUT2D eigenvalue weighted by molar-refractivity contribution is -0.0849. The summed E-state index contributed by atoms with van der Waals surface area (Å²) in [7, 11) is 0. The molecule has 2 aromatic rings. The van der Waals surface area contributed by atoms with Crippen molar-refractivity contribution in [3.63, 3.8) is 0 Å². The molecule has 1 N–H and O–H groups in total. The molecule has 5 nitrogen and oxygen atoms in total. The topological polar surface area (TPSA) is 53.9 Å². The van der Waals surface area contributed by atoms with E-state index < -0.39 is 5.72 Å². The van der Waals surface area contributed by atoms with Gasteiger partial charge in [-0.25, -0.2) is 15.3 Å². The van der Waals surface area contributed by atoms with Crippen molar-refractivity contribution < 1.29 is 9.63 Å². The highest BCUT2D eigenvalue weighted by Crippen LogP contribution is 2.31. The van der Waals surface area contributed by atoms with Crippen LogP contribution in [0.5, 0.6) is 0 Å². The van der Waals surface area contributed by atoms with E-state index >= 15 is 0 Å². The smallest absolute Gasteiger partial charge is 0.253 e. The third kappa shape index (κ3) is 3.32. The number of amidine groups is 1. The molecule has 0 atom stereocenters. The number of halogens is 1. The van der Waals surface area contributed by atoms with Crippen LogP contribution in [0.15, 0.2) is 64.1 Å². The van der Waals surface area contributed by atoms with Gasteiger partial charge in [0.25, 0.3) is 5.91 Å². The summed E-state index contributed by atoms with van der Waals surface area (Å²) >= 11 is 3.43. The van der Waals surface area contributed by atoms with Crippen molar-refractivity contribution in [1.82, 2.24) is 10.4 Å². The van der Waals surface area contributed by atoms with E-state index in [9.17, 15) is 4.79 Å². The Balaban J connectivity index is 1.45. The van der Waals surface area contributed by atoms with Gasteiger partial charge in [0.15, 0.2) is 11.6 Å². The molecule has 1 spiro atoms. The lowest BCUT2D eigenvalue weighted by Gasteiger charge is -2.35. The molecule has 4 rings (SSSR count). The van der Waals surface area contributed by atoms with E-state index in [0.717, 1.165) is 21.4 Å². The van der Waals surface area contributed by atoms with Gasteiger partial charge >= 0.3 is 0 Å². The van der Waals surface area contributed by atoms with Crippen LogP contribution in [0.2, 0.25) is 0 Å². The predicted octanol–water partition coefficient (Wildman–Crippen LogP) is 3.36.